The quantitative estimate of drug-likeness (QED) is 0.503. The maximum atomic E-state index is 15.1. The highest BCUT2D eigenvalue weighted by atomic mass is 19.1. The molecule has 2 heterocycles. The van der Waals surface area contributed by atoms with Crippen molar-refractivity contribution >= 4 is 17.5 Å². The van der Waals surface area contributed by atoms with Crippen molar-refractivity contribution in [2.45, 2.75) is 12.0 Å². The Balaban J connectivity index is 1.53. The molecule has 38 heavy (non-hydrogen) atoms. The van der Waals surface area contributed by atoms with Crippen LogP contribution >= 0.6 is 0 Å². The molecule has 198 valence electrons. The molecule has 3 aromatic carbocycles. The molecule has 2 unspecified atom stereocenters. The lowest BCUT2D eigenvalue weighted by atomic mass is 9.78. The van der Waals surface area contributed by atoms with E-state index in [-0.39, 0.29) is 23.2 Å². The van der Waals surface area contributed by atoms with Crippen molar-refractivity contribution in [1.82, 2.24) is 9.80 Å². The predicted octanol–water partition coefficient (Wildman–Crippen LogP) is 4.24. The number of ether oxygens (including phenoxy) is 2. The first-order valence-corrected chi connectivity index (χ1v) is 12.4. The Morgan fingerprint density at radius 3 is 2.13 bits per heavy atom. The number of rotatable bonds is 5. The van der Waals surface area contributed by atoms with Crippen LogP contribution in [0.4, 0.5) is 14.5 Å². The third-order valence-electron chi connectivity index (χ3n) is 7.45. The van der Waals surface area contributed by atoms with Crippen LogP contribution in [-0.4, -0.2) is 69.1 Å². The van der Waals surface area contributed by atoms with Crippen molar-refractivity contribution in [2.24, 2.45) is 0 Å². The molecule has 1 fully saturated rings. The van der Waals surface area contributed by atoms with Gasteiger partial charge in [-0.2, -0.15) is 0 Å². The summed E-state index contributed by atoms with van der Waals surface area (Å²) in [5.41, 5.74) is 1.95. The number of nitrogens with zero attached hydrogens (tertiary/aromatic N) is 3. The van der Waals surface area contributed by atoms with Crippen LogP contribution in [0.2, 0.25) is 0 Å². The van der Waals surface area contributed by atoms with E-state index in [1.54, 1.807) is 54.4 Å². The maximum absolute atomic E-state index is 15.1. The van der Waals surface area contributed by atoms with Gasteiger partial charge in [-0.25, -0.2) is 8.78 Å². The number of benzene rings is 3. The minimum Gasteiger partial charge on any atom is -0.493 e. The molecule has 0 aromatic heterocycles. The Morgan fingerprint density at radius 2 is 1.50 bits per heavy atom. The fourth-order valence-electron chi connectivity index (χ4n) is 5.45. The predicted molar refractivity (Wildman–Crippen MR) is 139 cm³/mol. The van der Waals surface area contributed by atoms with E-state index >= 15 is 4.39 Å². The van der Waals surface area contributed by atoms with Crippen LogP contribution < -0.4 is 14.4 Å². The molecule has 2 aliphatic rings. The van der Waals surface area contributed by atoms with Crippen molar-refractivity contribution in [3.63, 3.8) is 0 Å². The highest BCUT2D eigenvalue weighted by molar-refractivity contribution is 6.02. The number of fused-ring (bicyclic) bond motifs is 1. The minimum atomic E-state index is -0.859. The topological polar surface area (TPSA) is 62.3 Å². The zero-order valence-corrected chi connectivity index (χ0v) is 21.5. The van der Waals surface area contributed by atoms with E-state index in [0.29, 0.717) is 48.8 Å². The summed E-state index contributed by atoms with van der Waals surface area (Å²) < 4.78 is 39.4. The van der Waals surface area contributed by atoms with Gasteiger partial charge in [-0.1, -0.05) is 18.2 Å². The molecule has 0 radical (unpaired) electrons. The summed E-state index contributed by atoms with van der Waals surface area (Å²) in [6.45, 7) is 1.97. The number of amides is 2. The summed E-state index contributed by atoms with van der Waals surface area (Å²) in [5, 5.41) is 0. The molecule has 1 saturated heterocycles. The van der Waals surface area contributed by atoms with E-state index in [9.17, 15) is 14.0 Å². The average Bonchev–Trinajstić information content (AvgIpc) is 2.95. The molecule has 0 saturated carbocycles. The molecule has 0 aliphatic carbocycles. The normalized spacial score (nSPS) is 19.3. The number of halogens is 2. The number of methoxy groups -OCH3 is 2. The second-order valence-electron chi connectivity index (χ2n) is 9.44. The van der Waals surface area contributed by atoms with E-state index < -0.39 is 17.8 Å². The Bertz CT molecular complexity index is 1360. The van der Waals surface area contributed by atoms with Crippen LogP contribution in [0.1, 0.15) is 33.4 Å². The largest absolute Gasteiger partial charge is 0.493 e. The molecule has 0 spiro atoms. The summed E-state index contributed by atoms with van der Waals surface area (Å²) in [5.74, 6) is -1.43. The van der Waals surface area contributed by atoms with Crippen molar-refractivity contribution in [3.05, 3.63) is 89.0 Å². The van der Waals surface area contributed by atoms with Gasteiger partial charge < -0.3 is 24.2 Å². The van der Waals surface area contributed by atoms with E-state index in [2.05, 4.69) is 4.90 Å². The maximum Gasteiger partial charge on any atom is 0.254 e. The number of carbonyl (C=O) groups is 2. The van der Waals surface area contributed by atoms with E-state index in [1.165, 1.54) is 37.3 Å². The van der Waals surface area contributed by atoms with Crippen LogP contribution in [0, 0.1) is 11.6 Å². The SMILES string of the molecule is COc1cc2c(cc1OC)C(C(=O)N1CCN(c3ccc(F)cc3)CC1)C(c1ccccc1F)N(C)C2=O. The van der Waals surface area contributed by atoms with E-state index in [1.807, 2.05) is 0 Å². The Hall–Kier alpha value is -4.14. The molecule has 0 N–H and O–H groups in total. The molecule has 5 rings (SSSR count). The highest BCUT2D eigenvalue weighted by Gasteiger charge is 2.46. The highest BCUT2D eigenvalue weighted by Crippen LogP contribution is 2.46. The van der Waals surface area contributed by atoms with Crippen molar-refractivity contribution in [1.29, 1.82) is 0 Å². The lowest BCUT2D eigenvalue weighted by Crippen LogP contribution is -2.53. The lowest BCUT2D eigenvalue weighted by Gasteiger charge is -2.43. The number of hydrogen-bond acceptors (Lipinski definition) is 5. The smallest absolute Gasteiger partial charge is 0.254 e. The summed E-state index contributed by atoms with van der Waals surface area (Å²) in [7, 11) is 4.55. The first-order chi connectivity index (χ1) is 18.3. The molecule has 2 atom stereocenters. The van der Waals surface area contributed by atoms with Crippen molar-refractivity contribution in [2.75, 3.05) is 52.3 Å². The van der Waals surface area contributed by atoms with Crippen LogP contribution in [0.15, 0.2) is 60.7 Å². The van der Waals surface area contributed by atoms with Gasteiger partial charge in [0.25, 0.3) is 5.91 Å². The Morgan fingerprint density at radius 1 is 0.868 bits per heavy atom. The second-order valence-corrected chi connectivity index (χ2v) is 9.44. The summed E-state index contributed by atoms with van der Waals surface area (Å²) in [6.07, 6.45) is 0. The number of anilines is 1. The standard InChI is InChI=1S/C29H29F2N3O4/c1-32-27(20-6-4-5-7-23(20)31)26(21-16-24(37-2)25(38-3)17-22(21)28(32)35)29(36)34-14-12-33(13-15-34)19-10-8-18(30)9-11-19/h4-11,16-17,26-27H,12-15H2,1-3H3. The number of likely N-dealkylation sites (N-methyl/N-ethyl adjacent to an activating group) is 1. The summed E-state index contributed by atoms with van der Waals surface area (Å²) in [4.78, 5) is 33.0. The van der Waals surface area contributed by atoms with Crippen LogP contribution in [0.5, 0.6) is 11.5 Å². The van der Waals surface area contributed by atoms with Gasteiger partial charge in [-0.05, 0) is 48.0 Å². The number of carbonyl (C=O) groups excluding carboxylic acids is 2. The summed E-state index contributed by atoms with van der Waals surface area (Å²) in [6, 6.07) is 14.9. The first kappa shape index (κ1) is 25.5. The molecular formula is C29H29F2N3O4. The lowest BCUT2D eigenvalue weighted by molar-refractivity contribution is -0.134. The first-order valence-electron chi connectivity index (χ1n) is 12.4. The fraction of sp³-hybridized carbons (Fsp3) is 0.310. The van der Waals surface area contributed by atoms with Gasteiger partial charge in [-0.15, -0.1) is 0 Å². The van der Waals surface area contributed by atoms with E-state index in [4.69, 9.17) is 9.47 Å². The minimum absolute atomic E-state index is 0.204. The number of piperazine rings is 1. The Kier molecular flexibility index (Phi) is 6.93. The van der Waals surface area contributed by atoms with Gasteiger partial charge in [0.15, 0.2) is 11.5 Å². The van der Waals surface area contributed by atoms with Gasteiger partial charge >= 0.3 is 0 Å². The zero-order valence-electron chi connectivity index (χ0n) is 21.5. The van der Waals surface area contributed by atoms with Crippen LogP contribution in [0.3, 0.4) is 0 Å². The molecule has 3 aromatic rings. The van der Waals surface area contributed by atoms with Crippen LogP contribution in [-0.2, 0) is 4.79 Å². The average molecular weight is 522 g/mol. The third kappa shape index (κ3) is 4.42. The van der Waals surface area contributed by atoms with Crippen molar-refractivity contribution in [3.8, 4) is 11.5 Å². The van der Waals surface area contributed by atoms with E-state index in [0.717, 1.165) is 5.69 Å². The van der Waals surface area contributed by atoms with Gasteiger partial charge in [0.1, 0.15) is 11.6 Å². The number of hydrogen-bond donors (Lipinski definition) is 0. The molecule has 7 nitrogen and oxygen atoms in total. The zero-order chi connectivity index (χ0) is 27.0. The molecule has 2 amide bonds. The monoisotopic (exact) mass is 521 g/mol. The van der Waals surface area contributed by atoms with Gasteiger partial charge in [0, 0.05) is 50.0 Å². The summed E-state index contributed by atoms with van der Waals surface area (Å²) >= 11 is 0. The fourth-order valence-corrected chi connectivity index (χ4v) is 5.45. The van der Waals surface area contributed by atoms with Gasteiger partial charge in [-0.3, -0.25) is 9.59 Å². The molecule has 9 heteroatoms. The molecule has 0 bridgehead atoms. The van der Waals surface area contributed by atoms with Crippen LogP contribution in [0.25, 0.3) is 0 Å². The third-order valence-corrected chi connectivity index (χ3v) is 7.45. The molecular weight excluding hydrogens is 492 g/mol. The second kappa shape index (κ2) is 10.3. The Labute approximate surface area is 220 Å². The molecule has 2 aliphatic heterocycles. The van der Waals surface area contributed by atoms with Gasteiger partial charge in [0.2, 0.25) is 5.91 Å². The van der Waals surface area contributed by atoms with Crippen molar-refractivity contribution < 1.29 is 27.8 Å². The van der Waals surface area contributed by atoms with Gasteiger partial charge in [0.05, 0.1) is 26.2 Å².